The Labute approximate surface area is 154 Å². The van der Waals surface area contributed by atoms with Gasteiger partial charge in [-0.2, -0.15) is 5.26 Å². The molecule has 0 aromatic heterocycles. The van der Waals surface area contributed by atoms with Gasteiger partial charge in [-0.1, -0.05) is 18.2 Å². The number of hydrogen-bond donors (Lipinski definition) is 1. The third-order valence-electron chi connectivity index (χ3n) is 4.67. The van der Waals surface area contributed by atoms with Gasteiger partial charge in [0.25, 0.3) is 5.91 Å². The molecular formula is C22H23N3O. The standard InChI is InChI=1S/C22H23N3O/c1-16-6-5-7-20(12-16)24-22(26)19(15-23)14-18-8-9-21(13-17(18)2)25-10-3-4-11-25/h5-9,12-14H,3-4,10-11H2,1-2H3,(H,24,26)/b19-14-. The molecule has 0 bridgehead atoms. The molecule has 4 heteroatoms. The van der Waals surface area contributed by atoms with Gasteiger partial charge in [-0.15, -0.1) is 0 Å². The van der Waals surface area contributed by atoms with Crippen LogP contribution in [0.2, 0.25) is 0 Å². The molecule has 132 valence electrons. The number of anilines is 2. The molecule has 1 saturated heterocycles. The first-order chi connectivity index (χ1) is 12.6. The van der Waals surface area contributed by atoms with E-state index in [0.29, 0.717) is 5.69 Å². The van der Waals surface area contributed by atoms with Crippen molar-refractivity contribution in [2.75, 3.05) is 23.3 Å². The van der Waals surface area contributed by atoms with Crippen LogP contribution in [0.25, 0.3) is 6.08 Å². The fourth-order valence-electron chi connectivity index (χ4n) is 3.22. The maximum atomic E-state index is 12.4. The topological polar surface area (TPSA) is 56.1 Å². The molecule has 0 saturated carbocycles. The van der Waals surface area contributed by atoms with Crippen molar-refractivity contribution in [3.63, 3.8) is 0 Å². The van der Waals surface area contributed by atoms with Crippen LogP contribution < -0.4 is 10.2 Å². The molecule has 2 aromatic carbocycles. The first kappa shape index (κ1) is 17.8. The van der Waals surface area contributed by atoms with E-state index in [1.165, 1.54) is 18.5 Å². The van der Waals surface area contributed by atoms with E-state index in [1.54, 1.807) is 6.08 Å². The second-order valence-corrected chi connectivity index (χ2v) is 6.73. The lowest BCUT2D eigenvalue weighted by atomic mass is 10.0. The lowest BCUT2D eigenvalue weighted by molar-refractivity contribution is -0.112. The summed E-state index contributed by atoms with van der Waals surface area (Å²) < 4.78 is 0. The molecule has 0 unspecified atom stereocenters. The van der Waals surface area contributed by atoms with Crippen LogP contribution in [0.3, 0.4) is 0 Å². The van der Waals surface area contributed by atoms with E-state index in [4.69, 9.17) is 0 Å². The lowest BCUT2D eigenvalue weighted by Crippen LogP contribution is -2.17. The van der Waals surface area contributed by atoms with Gasteiger partial charge in [-0.25, -0.2) is 0 Å². The van der Waals surface area contributed by atoms with Gasteiger partial charge in [-0.05, 0) is 73.7 Å². The molecule has 0 atom stereocenters. The van der Waals surface area contributed by atoms with Gasteiger partial charge in [0.2, 0.25) is 0 Å². The highest BCUT2D eigenvalue weighted by atomic mass is 16.1. The second-order valence-electron chi connectivity index (χ2n) is 6.73. The van der Waals surface area contributed by atoms with Crippen LogP contribution in [0.4, 0.5) is 11.4 Å². The highest BCUT2D eigenvalue weighted by Crippen LogP contribution is 2.24. The Morgan fingerprint density at radius 2 is 1.92 bits per heavy atom. The van der Waals surface area contributed by atoms with E-state index in [2.05, 4.69) is 22.3 Å². The van der Waals surface area contributed by atoms with E-state index in [1.807, 2.05) is 50.2 Å². The molecule has 3 rings (SSSR count). The summed E-state index contributed by atoms with van der Waals surface area (Å²) in [7, 11) is 0. The molecule has 26 heavy (non-hydrogen) atoms. The molecular weight excluding hydrogens is 322 g/mol. The van der Waals surface area contributed by atoms with E-state index < -0.39 is 0 Å². The molecule has 1 amide bonds. The van der Waals surface area contributed by atoms with Crippen molar-refractivity contribution in [1.29, 1.82) is 5.26 Å². The minimum atomic E-state index is -0.388. The second kappa shape index (κ2) is 7.88. The molecule has 1 aliphatic heterocycles. The van der Waals surface area contributed by atoms with Crippen molar-refractivity contribution < 1.29 is 4.79 Å². The number of nitrogens with one attached hydrogen (secondary N) is 1. The largest absolute Gasteiger partial charge is 0.372 e. The van der Waals surface area contributed by atoms with Gasteiger partial charge in [-0.3, -0.25) is 4.79 Å². The number of carbonyl (C=O) groups is 1. The Balaban J connectivity index is 1.79. The molecule has 1 heterocycles. The first-order valence-corrected chi connectivity index (χ1v) is 8.92. The fourth-order valence-corrected chi connectivity index (χ4v) is 3.22. The first-order valence-electron chi connectivity index (χ1n) is 8.92. The van der Waals surface area contributed by atoms with Crippen LogP contribution in [0, 0.1) is 25.2 Å². The van der Waals surface area contributed by atoms with Crippen molar-refractivity contribution >= 4 is 23.4 Å². The fraction of sp³-hybridized carbons (Fsp3) is 0.273. The third-order valence-corrected chi connectivity index (χ3v) is 4.67. The Morgan fingerprint density at radius 1 is 1.15 bits per heavy atom. The van der Waals surface area contributed by atoms with Crippen molar-refractivity contribution in [3.8, 4) is 6.07 Å². The Morgan fingerprint density at radius 3 is 2.58 bits per heavy atom. The van der Waals surface area contributed by atoms with Crippen LogP contribution in [-0.4, -0.2) is 19.0 Å². The van der Waals surface area contributed by atoms with E-state index in [-0.39, 0.29) is 11.5 Å². The van der Waals surface area contributed by atoms with Crippen LogP contribution in [0.5, 0.6) is 0 Å². The summed E-state index contributed by atoms with van der Waals surface area (Å²) in [5.74, 6) is -0.388. The number of nitrogens with zero attached hydrogens (tertiary/aromatic N) is 2. The predicted octanol–water partition coefficient (Wildman–Crippen LogP) is 4.45. The quantitative estimate of drug-likeness (QED) is 0.658. The summed E-state index contributed by atoms with van der Waals surface area (Å²) >= 11 is 0. The number of carbonyl (C=O) groups excluding carboxylic acids is 1. The van der Waals surface area contributed by atoms with Crippen LogP contribution in [-0.2, 0) is 4.79 Å². The summed E-state index contributed by atoms with van der Waals surface area (Å²) in [6.07, 6.45) is 4.13. The molecule has 0 spiro atoms. The van der Waals surface area contributed by atoms with Gasteiger partial charge in [0.15, 0.2) is 0 Å². The minimum Gasteiger partial charge on any atom is -0.372 e. The molecule has 1 N–H and O–H groups in total. The minimum absolute atomic E-state index is 0.100. The molecule has 4 nitrogen and oxygen atoms in total. The van der Waals surface area contributed by atoms with Gasteiger partial charge < -0.3 is 10.2 Å². The monoisotopic (exact) mass is 345 g/mol. The average Bonchev–Trinajstić information content (AvgIpc) is 3.15. The number of benzene rings is 2. The molecule has 0 aliphatic carbocycles. The van der Waals surface area contributed by atoms with Crippen molar-refractivity contribution in [2.24, 2.45) is 0 Å². The summed E-state index contributed by atoms with van der Waals surface area (Å²) in [4.78, 5) is 14.8. The zero-order valence-corrected chi connectivity index (χ0v) is 15.2. The van der Waals surface area contributed by atoms with Crippen LogP contribution >= 0.6 is 0 Å². The molecule has 0 radical (unpaired) electrons. The van der Waals surface area contributed by atoms with Gasteiger partial charge in [0.1, 0.15) is 11.6 Å². The molecule has 1 aliphatic rings. The number of amides is 1. The van der Waals surface area contributed by atoms with Crippen molar-refractivity contribution in [1.82, 2.24) is 0 Å². The third kappa shape index (κ3) is 4.12. The number of hydrogen-bond acceptors (Lipinski definition) is 3. The summed E-state index contributed by atoms with van der Waals surface area (Å²) in [5.41, 5.74) is 5.01. The summed E-state index contributed by atoms with van der Waals surface area (Å²) in [6, 6.07) is 15.7. The maximum absolute atomic E-state index is 12.4. The normalized spacial score (nSPS) is 14.2. The van der Waals surface area contributed by atoms with E-state index >= 15 is 0 Å². The van der Waals surface area contributed by atoms with Crippen molar-refractivity contribution in [2.45, 2.75) is 26.7 Å². The van der Waals surface area contributed by atoms with E-state index in [9.17, 15) is 10.1 Å². The van der Waals surface area contributed by atoms with E-state index in [0.717, 1.165) is 29.8 Å². The zero-order chi connectivity index (χ0) is 18.5. The predicted molar refractivity (Wildman–Crippen MR) is 106 cm³/mol. The average molecular weight is 345 g/mol. The highest BCUT2D eigenvalue weighted by Gasteiger charge is 2.14. The lowest BCUT2D eigenvalue weighted by Gasteiger charge is -2.18. The van der Waals surface area contributed by atoms with Crippen LogP contribution in [0.1, 0.15) is 29.5 Å². The number of rotatable bonds is 4. The maximum Gasteiger partial charge on any atom is 0.266 e. The van der Waals surface area contributed by atoms with Gasteiger partial charge >= 0.3 is 0 Å². The number of nitriles is 1. The zero-order valence-electron chi connectivity index (χ0n) is 15.2. The summed E-state index contributed by atoms with van der Waals surface area (Å²) in [5, 5.41) is 12.2. The van der Waals surface area contributed by atoms with Gasteiger partial charge in [0, 0.05) is 24.5 Å². The van der Waals surface area contributed by atoms with Gasteiger partial charge in [0.05, 0.1) is 0 Å². The molecule has 2 aromatic rings. The SMILES string of the molecule is Cc1cccc(NC(=O)/C(C#N)=C\c2ccc(N3CCCC3)cc2C)c1. The van der Waals surface area contributed by atoms with Crippen LogP contribution in [0.15, 0.2) is 48.0 Å². The Kier molecular flexibility index (Phi) is 5.38. The Bertz CT molecular complexity index is 887. The van der Waals surface area contributed by atoms with Crippen molar-refractivity contribution in [3.05, 3.63) is 64.7 Å². The highest BCUT2D eigenvalue weighted by molar-refractivity contribution is 6.09. The number of aryl methyl sites for hydroxylation is 2. The molecule has 1 fully saturated rings. The smallest absolute Gasteiger partial charge is 0.266 e. The summed E-state index contributed by atoms with van der Waals surface area (Å²) in [6.45, 7) is 6.16. The Hall–Kier alpha value is -3.06.